The SMILES string of the molecule is C[Si](C)(C)S(=O)(=O)C(C(=O)O)c1ccccc1. The molecule has 1 aromatic rings. The van der Waals surface area contributed by atoms with Crippen LogP contribution in [-0.2, 0) is 14.1 Å². The van der Waals surface area contributed by atoms with Crippen molar-refractivity contribution < 1.29 is 18.3 Å². The van der Waals surface area contributed by atoms with Gasteiger partial charge in [0, 0.05) is 0 Å². The normalized spacial score (nSPS) is 14.3. The molecule has 1 N–H and O–H groups in total. The van der Waals surface area contributed by atoms with Crippen LogP contribution in [0.4, 0.5) is 0 Å². The highest BCUT2D eigenvalue weighted by Gasteiger charge is 2.43. The van der Waals surface area contributed by atoms with Crippen molar-refractivity contribution in [3.05, 3.63) is 35.9 Å². The fourth-order valence-electron chi connectivity index (χ4n) is 1.44. The van der Waals surface area contributed by atoms with Crippen molar-refractivity contribution in [1.82, 2.24) is 0 Å². The molecule has 6 heteroatoms. The van der Waals surface area contributed by atoms with Gasteiger partial charge in [0.25, 0.3) is 0 Å². The monoisotopic (exact) mass is 272 g/mol. The Kier molecular flexibility index (Phi) is 3.78. The molecule has 4 nitrogen and oxygen atoms in total. The van der Waals surface area contributed by atoms with Crippen molar-refractivity contribution >= 4 is 22.5 Å². The minimum Gasteiger partial charge on any atom is -0.480 e. The van der Waals surface area contributed by atoms with Crippen LogP contribution < -0.4 is 0 Å². The van der Waals surface area contributed by atoms with Crippen molar-refractivity contribution in [2.24, 2.45) is 0 Å². The van der Waals surface area contributed by atoms with Crippen molar-refractivity contribution in [2.75, 3.05) is 0 Å². The van der Waals surface area contributed by atoms with Crippen LogP contribution in [0.15, 0.2) is 30.3 Å². The molecule has 1 aromatic carbocycles. The number of carboxylic acids is 1. The first kappa shape index (κ1) is 13.9. The average Bonchev–Trinajstić information content (AvgIpc) is 2.16. The van der Waals surface area contributed by atoms with Gasteiger partial charge in [0.1, 0.15) is 9.29 Å². The Balaban J connectivity index is 3.36. The van der Waals surface area contributed by atoms with Crippen LogP contribution in [0.1, 0.15) is 10.8 Å². The number of hydrogen-bond donors (Lipinski definition) is 1. The number of aliphatic carboxylic acids is 1. The van der Waals surface area contributed by atoms with E-state index in [2.05, 4.69) is 0 Å². The highest BCUT2D eigenvalue weighted by atomic mass is 32.4. The third-order valence-electron chi connectivity index (χ3n) is 2.49. The summed E-state index contributed by atoms with van der Waals surface area (Å²) in [6.07, 6.45) is 0. The fraction of sp³-hybridized carbons (Fsp3) is 0.364. The first-order valence-corrected chi connectivity index (χ1v) is 11.0. The number of carbonyl (C=O) groups is 1. The summed E-state index contributed by atoms with van der Waals surface area (Å²) >= 11 is 0. The molecule has 0 aliphatic heterocycles. The van der Waals surface area contributed by atoms with Crippen molar-refractivity contribution in [3.8, 4) is 0 Å². The highest BCUT2D eigenvalue weighted by Crippen LogP contribution is 2.29. The number of benzene rings is 1. The Morgan fingerprint density at radius 1 is 1.18 bits per heavy atom. The van der Waals surface area contributed by atoms with Gasteiger partial charge in [0.05, 0.1) is 0 Å². The van der Waals surface area contributed by atoms with Crippen LogP contribution in [0, 0.1) is 0 Å². The van der Waals surface area contributed by atoms with Crippen molar-refractivity contribution in [1.29, 1.82) is 0 Å². The van der Waals surface area contributed by atoms with Crippen LogP contribution in [0.2, 0.25) is 19.6 Å². The van der Waals surface area contributed by atoms with Gasteiger partial charge in [-0.3, -0.25) is 4.79 Å². The molecule has 0 amide bonds. The molecule has 0 aliphatic rings. The Morgan fingerprint density at radius 3 is 2.00 bits per heavy atom. The maximum atomic E-state index is 12.3. The lowest BCUT2D eigenvalue weighted by Crippen LogP contribution is -2.40. The Labute approximate surface area is 102 Å². The smallest absolute Gasteiger partial charge is 0.325 e. The summed E-state index contributed by atoms with van der Waals surface area (Å²) in [6, 6.07) is 8.09. The largest absolute Gasteiger partial charge is 0.480 e. The molecule has 0 bridgehead atoms. The summed E-state index contributed by atoms with van der Waals surface area (Å²) < 4.78 is 24.6. The minimum atomic E-state index is -3.65. The molecule has 0 spiro atoms. The topological polar surface area (TPSA) is 71.4 Å². The van der Waals surface area contributed by atoms with Crippen LogP contribution in [0.3, 0.4) is 0 Å². The van der Waals surface area contributed by atoms with Gasteiger partial charge in [-0.25, -0.2) is 8.42 Å². The van der Waals surface area contributed by atoms with E-state index in [4.69, 9.17) is 5.11 Å². The quantitative estimate of drug-likeness (QED) is 0.852. The van der Waals surface area contributed by atoms with E-state index in [9.17, 15) is 13.2 Å². The van der Waals surface area contributed by atoms with Gasteiger partial charge in [0.2, 0.25) is 0 Å². The van der Waals surface area contributed by atoms with E-state index < -0.39 is 27.7 Å². The number of hydrogen-bond acceptors (Lipinski definition) is 3. The van der Waals surface area contributed by atoms with E-state index in [1.165, 1.54) is 12.1 Å². The second kappa shape index (κ2) is 4.62. The Morgan fingerprint density at radius 2 is 1.65 bits per heavy atom. The van der Waals surface area contributed by atoms with Gasteiger partial charge in [-0.05, 0) is 5.56 Å². The molecule has 0 fully saturated rings. The first-order valence-electron chi connectivity index (χ1n) is 5.19. The lowest BCUT2D eigenvalue weighted by atomic mass is 10.1. The molecule has 1 atom stereocenters. The number of carboxylic acid groups (broad SMARTS) is 1. The van der Waals surface area contributed by atoms with Gasteiger partial charge in [-0.2, -0.15) is 0 Å². The highest BCUT2D eigenvalue weighted by molar-refractivity contribution is 8.22. The molecule has 94 valence electrons. The van der Waals surface area contributed by atoms with Gasteiger partial charge in [0.15, 0.2) is 12.5 Å². The van der Waals surface area contributed by atoms with Crippen molar-refractivity contribution in [2.45, 2.75) is 24.9 Å². The maximum absolute atomic E-state index is 12.3. The molecule has 17 heavy (non-hydrogen) atoms. The second-order valence-corrected chi connectivity index (χ2v) is 16.0. The van der Waals surface area contributed by atoms with Crippen LogP contribution in [0.25, 0.3) is 0 Å². The summed E-state index contributed by atoms with van der Waals surface area (Å²) in [7, 11) is -6.25. The summed E-state index contributed by atoms with van der Waals surface area (Å²) in [4.78, 5) is 11.2. The Bertz CT molecular complexity index is 502. The van der Waals surface area contributed by atoms with E-state index in [-0.39, 0.29) is 0 Å². The van der Waals surface area contributed by atoms with Crippen LogP contribution in [-0.4, -0.2) is 26.7 Å². The van der Waals surface area contributed by atoms with E-state index in [0.29, 0.717) is 5.56 Å². The van der Waals surface area contributed by atoms with Crippen molar-refractivity contribution in [3.63, 3.8) is 0 Å². The maximum Gasteiger partial charge on any atom is 0.325 e. The summed E-state index contributed by atoms with van der Waals surface area (Å²) in [5.74, 6) is -1.31. The summed E-state index contributed by atoms with van der Waals surface area (Å²) in [5.41, 5.74) is 0.322. The molecule has 1 unspecified atom stereocenters. The zero-order chi connectivity index (χ0) is 13.3. The lowest BCUT2D eigenvalue weighted by molar-refractivity contribution is -0.136. The molecule has 0 aliphatic carbocycles. The first-order chi connectivity index (χ1) is 7.68. The van der Waals surface area contributed by atoms with Crippen LogP contribution in [0.5, 0.6) is 0 Å². The minimum absolute atomic E-state index is 0.322. The van der Waals surface area contributed by atoms with E-state index in [1.54, 1.807) is 37.8 Å². The number of rotatable bonds is 4. The van der Waals surface area contributed by atoms with E-state index in [0.717, 1.165) is 0 Å². The second-order valence-electron chi connectivity index (χ2n) is 4.79. The van der Waals surface area contributed by atoms with Gasteiger partial charge < -0.3 is 5.11 Å². The predicted molar refractivity (Wildman–Crippen MR) is 69.1 cm³/mol. The molecule has 0 radical (unpaired) electrons. The average molecular weight is 272 g/mol. The fourth-order valence-corrected chi connectivity index (χ4v) is 5.76. The lowest BCUT2D eigenvalue weighted by Gasteiger charge is -2.22. The molecule has 0 saturated heterocycles. The van der Waals surface area contributed by atoms with Crippen LogP contribution >= 0.6 is 0 Å². The molecular formula is C11H16O4SSi. The zero-order valence-corrected chi connectivity index (χ0v) is 11.9. The van der Waals surface area contributed by atoms with Gasteiger partial charge >= 0.3 is 5.97 Å². The van der Waals surface area contributed by atoms with E-state index >= 15 is 0 Å². The molecule has 0 saturated carbocycles. The molecule has 1 rings (SSSR count). The van der Waals surface area contributed by atoms with Gasteiger partial charge in [-0.15, -0.1) is 0 Å². The summed E-state index contributed by atoms with van der Waals surface area (Å²) in [6.45, 7) is 4.92. The third kappa shape index (κ3) is 2.75. The Hall–Kier alpha value is -1.14. The van der Waals surface area contributed by atoms with E-state index in [1.807, 2.05) is 0 Å². The van der Waals surface area contributed by atoms with Gasteiger partial charge in [-0.1, -0.05) is 50.0 Å². The predicted octanol–water partition coefficient (Wildman–Crippen LogP) is 2.06. The summed E-state index contributed by atoms with van der Waals surface area (Å²) in [5, 5.41) is 7.72. The zero-order valence-electron chi connectivity index (χ0n) is 10.0. The standard InChI is InChI=1S/C11H16O4SSi/c1-17(2,3)16(14,15)10(11(12)13)9-7-5-4-6-8-9/h4-8,10H,1-3H3,(H,12,13). The molecular weight excluding hydrogens is 256 g/mol. The third-order valence-corrected chi connectivity index (χ3v) is 11.1. The molecule has 0 aromatic heterocycles. The molecule has 0 heterocycles.